The number of methoxy groups -OCH3 is 1. The van der Waals surface area contributed by atoms with Crippen molar-refractivity contribution in [3.8, 4) is 5.75 Å². The number of ether oxygens (including phenoxy) is 1. The standard InChI is InChI=1S/C13H15NO3S2/c1-17-11-6-4-10(5-7-11)12(9-14)19(15,16)13-3-2-8-18-13/h2-8,12H,9,14H2,1H3/t12-/m0/s1. The Bertz CT molecular complexity index is 618. The first-order chi connectivity index (χ1) is 9.09. The summed E-state index contributed by atoms with van der Waals surface area (Å²) in [6.45, 7) is 0.0482. The molecule has 4 nitrogen and oxygen atoms in total. The van der Waals surface area contributed by atoms with Crippen LogP contribution < -0.4 is 10.5 Å². The molecule has 0 radical (unpaired) electrons. The second-order valence-electron chi connectivity index (χ2n) is 3.97. The van der Waals surface area contributed by atoms with Crippen molar-refractivity contribution in [1.82, 2.24) is 0 Å². The Morgan fingerprint density at radius 2 is 1.95 bits per heavy atom. The van der Waals surface area contributed by atoms with Crippen LogP contribution in [0.1, 0.15) is 10.8 Å². The predicted molar refractivity (Wildman–Crippen MR) is 76.3 cm³/mol. The molecule has 0 unspecified atom stereocenters. The summed E-state index contributed by atoms with van der Waals surface area (Å²) in [6, 6.07) is 10.3. The number of thiophene rings is 1. The number of benzene rings is 1. The molecule has 1 atom stereocenters. The van der Waals surface area contributed by atoms with E-state index >= 15 is 0 Å². The highest BCUT2D eigenvalue weighted by atomic mass is 32.2. The molecule has 0 bridgehead atoms. The van der Waals surface area contributed by atoms with Gasteiger partial charge in [-0.25, -0.2) is 8.42 Å². The van der Waals surface area contributed by atoms with Crippen LogP contribution in [0.15, 0.2) is 46.0 Å². The Morgan fingerprint density at radius 1 is 1.26 bits per heavy atom. The third-order valence-electron chi connectivity index (χ3n) is 2.85. The van der Waals surface area contributed by atoms with Crippen molar-refractivity contribution in [3.63, 3.8) is 0 Å². The van der Waals surface area contributed by atoms with Crippen LogP contribution >= 0.6 is 11.3 Å². The van der Waals surface area contributed by atoms with Gasteiger partial charge in [-0.05, 0) is 29.1 Å². The molecular formula is C13H15NO3S2. The Balaban J connectivity index is 2.39. The molecule has 19 heavy (non-hydrogen) atoms. The van der Waals surface area contributed by atoms with Crippen molar-refractivity contribution in [1.29, 1.82) is 0 Å². The van der Waals surface area contributed by atoms with E-state index < -0.39 is 15.1 Å². The Labute approximate surface area is 116 Å². The summed E-state index contributed by atoms with van der Waals surface area (Å²) in [6.07, 6.45) is 0. The van der Waals surface area contributed by atoms with Crippen molar-refractivity contribution in [2.45, 2.75) is 9.46 Å². The second kappa shape index (κ2) is 5.73. The molecule has 1 aromatic carbocycles. The highest BCUT2D eigenvalue weighted by Gasteiger charge is 2.28. The smallest absolute Gasteiger partial charge is 0.195 e. The van der Waals surface area contributed by atoms with Crippen LogP contribution in [0.3, 0.4) is 0 Å². The van der Waals surface area contributed by atoms with E-state index in [1.165, 1.54) is 11.3 Å². The summed E-state index contributed by atoms with van der Waals surface area (Å²) < 4.78 is 30.4. The lowest BCUT2D eigenvalue weighted by Gasteiger charge is -2.15. The molecule has 102 valence electrons. The molecule has 6 heteroatoms. The summed E-state index contributed by atoms with van der Waals surface area (Å²) in [4.78, 5) is 0. The molecule has 2 aromatic rings. The topological polar surface area (TPSA) is 69.4 Å². The summed E-state index contributed by atoms with van der Waals surface area (Å²) >= 11 is 1.21. The quantitative estimate of drug-likeness (QED) is 0.919. The van der Waals surface area contributed by atoms with E-state index in [9.17, 15) is 8.42 Å². The first kappa shape index (κ1) is 14.0. The van der Waals surface area contributed by atoms with Gasteiger partial charge < -0.3 is 10.5 Å². The molecule has 0 amide bonds. The molecule has 0 saturated carbocycles. The van der Waals surface area contributed by atoms with Crippen LogP contribution in [-0.4, -0.2) is 22.1 Å². The summed E-state index contributed by atoms with van der Waals surface area (Å²) in [7, 11) is -1.86. The minimum absolute atomic E-state index is 0.0482. The van der Waals surface area contributed by atoms with Crippen molar-refractivity contribution in [2.75, 3.05) is 13.7 Å². The molecule has 1 aromatic heterocycles. The van der Waals surface area contributed by atoms with E-state index in [1.807, 2.05) is 0 Å². The van der Waals surface area contributed by atoms with E-state index in [0.717, 1.165) is 0 Å². The predicted octanol–water partition coefficient (Wildman–Crippen LogP) is 2.23. The average molecular weight is 297 g/mol. The lowest BCUT2D eigenvalue weighted by atomic mass is 10.1. The molecule has 0 saturated heterocycles. The highest BCUT2D eigenvalue weighted by Crippen LogP contribution is 2.31. The minimum Gasteiger partial charge on any atom is -0.497 e. The van der Waals surface area contributed by atoms with Crippen LogP contribution in [-0.2, 0) is 9.84 Å². The number of nitrogens with two attached hydrogens (primary N) is 1. The zero-order chi connectivity index (χ0) is 13.9. The summed E-state index contributed by atoms with van der Waals surface area (Å²) in [5, 5.41) is 1.02. The van der Waals surface area contributed by atoms with Crippen LogP contribution in [0.2, 0.25) is 0 Å². The first-order valence-corrected chi connectivity index (χ1v) is 8.13. The van der Waals surface area contributed by atoms with E-state index in [2.05, 4.69) is 0 Å². The monoisotopic (exact) mass is 297 g/mol. The molecule has 2 rings (SSSR count). The Morgan fingerprint density at radius 3 is 2.42 bits per heavy atom. The first-order valence-electron chi connectivity index (χ1n) is 5.71. The van der Waals surface area contributed by atoms with Crippen molar-refractivity contribution >= 4 is 21.2 Å². The third-order valence-corrected chi connectivity index (χ3v) is 6.41. The molecule has 1 heterocycles. The molecule has 0 spiro atoms. The maximum Gasteiger partial charge on any atom is 0.195 e. The molecular weight excluding hydrogens is 282 g/mol. The zero-order valence-electron chi connectivity index (χ0n) is 10.4. The van der Waals surface area contributed by atoms with Crippen LogP contribution in [0.4, 0.5) is 0 Å². The van der Waals surface area contributed by atoms with Crippen LogP contribution in [0, 0.1) is 0 Å². The van der Waals surface area contributed by atoms with Gasteiger partial charge in [-0.1, -0.05) is 18.2 Å². The van der Waals surface area contributed by atoms with Gasteiger partial charge in [0.05, 0.1) is 7.11 Å². The van der Waals surface area contributed by atoms with Gasteiger partial charge >= 0.3 is 0 Å². The SMILES string of the molecule is COc1ccc([C@H](CN)S(=O)(=O)c2cccs2)cc1. The van der Waals surface area contributed by atoms with Gasteiger partial charge in [0.25, 0.3) is 0 Å². The lowest BCUT2D eigenvalue weighted by molar-refractivity contribution is 0.414. The number of sulfone groups is 1. The number of hydrogen-bond acceptors (Lipinski definition) is 5. The van der Waals surface area contributed by atoms with Gasteiger partial charge in [0.1, 0.15) is 15.2 Å². The third kappa shape index (κ3) is 2.80. The average Bonchev–Trinajstić information content (AvgIpc) is 2.95. The zero-order valence-corrected chi connectivity index (χ0v) is 12.1. The van der Waals surface area contributed by atoms with Gasteiger partial charge in [-0.2, -0.15) is 0 Å². The fourth-order valence-electron chi connectivity index (χ4n) is 1.83. The normalized spacial score (nSPS) is 13.2. The summed E-state index contributed by atoms with van der Waals surface area (Å²) in [5.74, 6) is 0.688. The largest absolute Gasteiger partial charge is 0.497 e. The number of rotatable bonds is 5. The van der Waals surface area contributed by atoms with Gasteiger partial charge in [-0.3, -0.25) is 0 Å². The second-order valence-corrected chi connectivity index (χ2v) is 7.28. The molecule has 2 N–H and O–H groups in total. The lowest BCUT2D eigenvalue weighted by Crippen LogP contribution is -2.21. The van der Waals surface area contributed by atoms with Crippen LogP contribution in [0.25, 0.3) is 0 Å². The fourth-order valence-corrected chi connectivity index (χ4v) is 4.64. The van der Waals surface area contributed by atoms with E-state index in [1.54, 1.807) is 48.9 Å². The molecule has 0 aliphatic heterocycles. The van der Waals surface area contributed by atoms with Crippen molar-refractivity contribution in [2.24, 2.45) is 5.73 Å². The van der Waals surface area contributed by atoms with E-state index in [0.29, 0.717) is 15.5 Å². The van der Waals surface area contributed by atoms with Crippen LogP contribution in [0.5, 0.6) is 5.75 Å². The maximum absolute atomic E-state index is 12.5. The molecule has 0 aliphatic carbocycles. The highest BCUT2D eigenvalue weighted by molar-refractivity contribution is 7.93. The minimum atomic E-state index is -3.43. The van der Waals surface area contributed by atoms with Gasteiger partial charge in [-0.15, -0.1) is 11.3 Å². The molecule has 0 aliphatic rings. The summed E-state index contributed by atoms with van der Waals surface area (Å²) in [5.41, 5.74) is 6.34. The molecule has 0 fully saturated rings. The Hall–Kier alpha value is -1.37. The van der Waals surface area contributed by atoms with Gasteiger partial charge in [0.15, 0.2) is 9.84 Å². The van der Waals surface area contributed by atoms with E-state index in [-0.39, 0.29) is 6.54 Å². The van der Waals surface area contributed by atoms with Gasteiger partial charge in [0, 0.05) is 6.54 Å². The fraction of sp³-hybridized carbons (Fsp3) is 0.231. The maximum atomic E-state index is 12.5. The van der Waals surface area contributed by atoms with E-state index in [4.69, 9.17) is 10.5 Å². The Kier molecular flexibility index (Phi) is 4.24. The van der Waals surface area contributed by atoms with Crippen molar-refractivity contribution < 1.29 is 13.2 Å². The number of hydrogen-bond donors (Lipinski definition) is 1. The van der Waals surface area contributed by atoms with Crippen molar-refractivity contribution in [3.05, 3.63) is 47.3 Å². The van der Waals surface area contributed by atoms with Gasteiger partial charge in [0.2, 0.25) is 0 Å².